The van der Waals surface area contributed by atoms with E-state index in [9.17, 15) is 9.18 Å². The molecule has 1 amide bonds. The number of halogens is 1. The van der Waals surface area contributed by atoms with Gasteiger partial charge in [0.1, 0.15) is 18.0 Å². The molecule has 6 heteroatoms. The van der Waals surface area contributed by atoms with Crippen molar-refractivity contribution in [3.63, 3.8) is 0 Å². The number of pyridine rings is 1. The average molecular weight is 322 g/mol. The lowest BCUT2D eigenvalue weighted by Crippen LogP contribution is -2.27. The molecule has 0 spiro atoms. The first-order valence-corrected chi connectivity index (χ1v) is 7.75. The Balaban J connectivity index is 1.56. The van der Waals surface area contributed by atoms with Gasteiger partial charge < -0.3 is 5.32 Å². The highest BCUT2D eigenvalue weighted by atomic mass is 19.1. The van der Waals surface area contributed by atoms with Gasteiger partial charge in [0.25, 0.3) is 5.91 Å². The number of rotatable bonds is 3. The Labute approximate surface area is 138 Å². The summed E-state index contributed by atoms with van der Waals surface area (Å²) in [6.45, 7) is 0. The van der Waals surface area contributed by atoms with Crippen molar-refractivity contribution in [1.82, 2.24) is 19.9 Å². The molecule has 1 atom stereocenters. The topological polar surface area (TPSA) is 59.8 Å². The normalized spacial score (nSPS) is 16.0. The fourth-order valence-electron chi connectivity index (χ4n) is 3.10. The number of amides is 1. The highest BCUT2D eigenvalue weighted by Crippen LogP contribution is 2.32. The summed E-state index contributed by atoms with van der Waals surface area (Å²) >= 11 is 0. The molecule has 24 heavy (non-hydrogen) atoms. The molecule has 1 aliphatic carbocycles. The molecular formula is C18H15FN4O. The van der Waals surface area contributed by atoms with E-state index in [-0.39, 0.29) is 17.8 Å². The van der Waals surface area contributed by atoms with Gasteiger partial charge in [0.05, 0.1) is 6.04 Å². The number of carbonyl (C=O) groups excluding carboxylic acids is 1. The Hall–Kier alpha value is -3.02. The van der Waals surface area contributed by atoms with Crippen LogP contribution in [0.1, 0.15) is 33.9 Å². The molecule has 0 aliphatic heterocycles. The molecule has 0 saturated heterocycles. The highest BCUT2D eigenvalue weighted by Gasteiger charge is 2.26. The maximum atomic E-state index is 13.8. The number of aromatic nitrogens is 3. The molecule has 120 valence electrons. The molecule has 1 N–H and O–H groups in total. The molecule has 4 rings (SSSR count). The zero-order valence-corrected chi connectivity index (χ0v) is 12.8. The van der Waals surface area contributed by atoms with Gasteiger partial charge in [-0.05, 0) is 42.2 Å². The predicted octanol–water partition coefficient (Wildman–Crippen LogP) is 2.82. The number of hydrogen-bond acceptors (Lipinski definition) is 3. The molecule has 5 nitrogen and oxygen atoms in total. The zero-order chi connectivity index (χ0) is 16.5. The van der Waals surface area contributed by atoms with Crippen LogP contribution < -0.4 is 5.32 Å². The quantitative estimate of drug-likeness (QED) is 0.806. The summed E-state index contributed by atoms with van der Waals surface area (Å²) in [5.74, 6) is 0.231. The maximum Gasteiger partial charge on any atom is 0.251 e. The van der Waals surface area contributed by atoms with E-state index in [2.05, 4.69) is 15.3 Å². The Morgan fingerprint density at radius 2 is 2.21 bits per heavy atom. The molecule has 1 aliphatic rings. The van der Waals surface area contributed by atoms with E-state index in [0.717, 1.165) is 5.56 Å². The third-order valence-corrected chi connectivity index (χ3v) is 4.30. The van der Waals surface area contributed by atoms with Gasteiger partial charge in [0.2, 0.25) is 0 Å². The van der Waals surface area contributed by atoms with Crippen LogP contribution in [0.25, 0.3) is 5.82 Å². The second-order valence-corrected chi connectivity index (χ2v) is 5.75. The van der Waals surface area contributed by atoms with Gasteiger partial charge >= 0.3 is 0 Å². The Morgan fingerprint density at radius 1 is 1.29 bits per heavy atom. The van der Waals surface area contributed by atoms with Gasteiger partial charge in [-0.1, -0.05) is 12.1 Å². The van der Waals surface area contributed by atoms with Crippen molar-refractivity contribution in [2.75, 3.05) is 0 Å². The highest BCUT2D eigenvalue weighted by molar-refractivity contribution is 5.94. The summed E-state index contributed by atoms with van der Waals surface area (Å²) in [5.41, 5.74) is 2.09. The third kappa shape index (κ3) is 2.56. The van der Waals surface area contributed by atoms with Crippen LogP contribution in [0.15, 0.2) is 55.2 Å². The van der Waals surface area contributed by atoms with Crippen LogP contribution >= 0.6 is 0 Å². The Bertz CT molecular complexity index is 892. The molecule has 3 aromatic rings. The molecule has 1 aromatic carbocycles. The SMILES string of the molecule is O=C(NC1CCc2c(F)cccc21)c1ccnc(-n2ccnc2)c1. The summed E-state index contributed by atoms with van der Waals surface area (Å²) in [7, 11) is 0. The number of carbonyl (C=O) groups is 1. The van der Waals surface area contributed by atoms with Crippen molar-refractivity contribution in [2.24, 2.45) is 0 Å². The summed E-state index contributed by atoms with van der Waals surface area (Å²) in [6, 6.07) is 8.23. The minimum atomic E-state index is -0.199. The van der Waals surface area contributed by atoms with Gasteiger partial charge in [-0.3, -0.25) is 9.36 Å². The molecule has 2 heterocycles. The molecule has 0 radical (unpaired) electrons. The standard InChI is InChI=1S/C18H15FN4O/c19-15-3-1-2-14-13(15)4-5-16(14)22-18(24)12-6-7-21-17(10-12)23-9-8-20-11-23/h1-3,6-11,16H,4-5H2,(H,22,24). The summed E-state index contributed by atoms with van der Waals surface area (Å²) in [5, 5.41) is 2.99. The van der Waals surface area contributed by atoms with E-state index in [0.29, 0.717) is 29.8 Å². The van der Waals surface area contributed by atoms with Crippen LogP contribution in [0.2, 0.25) is 0 Å². The number of hydrogen-bond donors (Lipinski definition) is 1. The van der Waals surface area contributed by atoms with E-state index in [1.807, 2.05) is 6.07 Å². The number of fused-ring (bicyclic) bond motifs is 1. The van der Waals surface area contributed by atoms with Crippen LogP contribution in [0, 0.1) is 5.82 Å². The van der Waals surface area contributed by atoms with Gasteiger partial charge in [0.15, 0.2) is 0 Å². The minimum Gasteiger partial charge on any atom is -0.345 e. The second kappa shape index (κ2) is 5.88. The van der Waals surface area contributed by atoms with Crippen LogP contribution in [-0.2, 0) is 6.42 Å². The van der Waals surface area contributed by atoms with E-state index in [1.165, 1.54) is 6.07 Å². The van der Waals surface area contributed by atoms with Crippen molar-refractivity contribution < 1.29 is 9.18 Å². The lowest BCUT2D eigenvalue weighted by molar-refractivity contribution is 0.0936. The van der Waals surface area contributed by atoms with Crippen LogP contribution in [0.3, 0.4) is 0 Å². The van der Waals surface area contributed by atoms with Crippen LogP contribution in [-0.4, -0.2) is 20.4 Å². The molecular weight excluding hydrogens is 307 g/mol. The number of nitrogens with one attached hydrogen (secondary N) is 1. The largest absolute Gasteiger partial charge is 0.345 e. The monoisotopic (exact) mass is 322 g/mol. The number of benzene rings is 1. The van der Waals surface area contributed by atoms with E-state index in [4.69, 9.17) is 0 Å². The first kappa shape index (κ1) is 14.6. The predicted molar refractivity (Wildman–Crippen MR) is 86.3 cm³/mol. The van der Waals surface area contributed by atoms with E-state index < -0.39 is 0 Å². The first-order valence-electron chi connectivity index (χ1n) is 7.75. The first-order chi connectivity index (χ1) is 11.7. The minimum absolute atomic E-state index is 0.159. The lowest BCUT2D eigenvalue weighted by atomic mass is 10.1. The third-order valence-electron chi connectivity index (χ3n) is 4.30. The Morgan fingerprint density at radius 3 is 3.04 bits per heavy atom. The maximum absolute atomic E-state index is 13.8. The van der Waals surface area contributed by atoms with Gasteiger partial charge in [-0.2, -0.15) is 0 Å². The van der Waals surface area contributed by atoms with Crippen molar-refractivity contribution in [2.45, 2.75) is 18.9 Å². The molecule has 1 unspecified atom stereocenters. The van der Waals surface area contributed by atoms with Crippen molar-refractivity contribution in [3.05, 3.63) is 77.8 Å². The van der Waals surface area contributed by atoms with Crippen LogP contribution in [0.4, 0.5) is 4.39 Å². The van der Waals surface area contributed by atoms with Gasteiger partial charge in [-0.25, -0.2) is 14.4 Å². The zero-order valence-electron chi connectivity index (χ0n) is 12.8. The van der Waals surface area contributed by atoms with Crippen molar-refractivity contribution in [1.29, 1.82) is 0 Å². The summed E-state index contributed by atoms with van der Waals surface area (Å²) < 4.78 is 15.5. The van der Waals surface area contributed by atoms with E-state index in [1.54, 1.807) is 47.7 Å². The lowest BCUT2D eigenvalue weighted by Gasteiger charge is -2.14. The smallest absolute Gasteiger partial charge is 0.251 e. The molecule has 0 fully saturated rings. The average Bonchev–Trinajstić information content (AvgIpc) is 3.26. The van der Waals surface area contributed by atoms with Gasteiger partial charge in [0, 0.05) is 24.2 Å². The molecule has 0 saturated carbocycles. The number of nitrogens with zero attached hydrogens (tertiary/aromatic N) is 3. The summed E-state index contributed by atoms with van der Waals surface area (Å²) in [6.07, 6.45) is 7.98. The molecule has 2 aromatic heterocycles. The summed E-state index contributed by atoms with van der Waals surface area (Å²) in [4.78, 5) is 20.8. The molecule has 0 bridgehead atoms. The Kier molecular flexibility index (Phi) is 3.57. The van der Waals surface area contributed by atoms with Crippen LogP contribution in [0.5, 0.6) is 0 Å². The van der Waals surface area contributed by atoms with Crippen molar-refractivity contribution >= 4 is 5.91 Å². The van der Waals surface area contributed by atoms with Gasteiger partial charge in [-0.15, -0.1) is 0 Å². The number of imidazole rings is 1. The van der Waals surface area contributed by atoms with E-state index >= 15 is 0 Å². The fourth-order valence-corrected chi connectivity index (χ4v) is 3.10. The van der Waals surface area contributed by atoms with Crippen molar-refractivity contribution in [3.8, 4) is 5.82 Å². The fraction of sp³-hybridized carbons (Fsp3) is 0.167. The second-order valence-electron chi connectivity index (χ2n) is 5.75.